The summed E-state index contributed by atoms with van der Waals surface area (Å²) in [5.74, 6) is 0.290. The second kappa shape index (κ2) is 6.98. The lowest BCUT2D eigenvalue weighted by atomic mass is 9.98. The number of likely N-dealkylation sites (N-methyl/N-ethyl adjacent to an activating group) is 2. The summed E-state index contributed by atoms with van der Waals surface area (Å²) in [6.07, 6.45) is -0.460. The van der Waals surface area contributed by atoms with Crippen LogP contribution in [0.2, 0.25) is 0 Å². The Hall–Kier alpha value is -1.44. The summed E-state index contributed by atoms with van der Waals surface area (Å²) in [5.41, 5.74) is 1.34. The van der Waals surface area contributed by atoms with Crippen LogP contribution in [0, 0.1) is 0 Å². The van der Waals surface area contributed by atoms with E-state index in [0.29, 0.717) is 11.6 Å². The van der Waals surface area contributed by atoms with Gasteiger partial charge in [-0.25, -0.2) is 17.6 Å². The van der Waals surface area contributed by atoms with Gasteiger partial charge in [-0.15, -0.1) is 0 Å². The van der Waals surface area contributed by atoms with Crippen LogP contribution >= 0.6 is 0 Å². The Kier molecular flexibility index (Phi) is 5.44. The molecule has 0 aliphatic carbocycles. The van der Waals surface area contributed by atoms with Crippen LogP contribution in [0.1, 0.15) is 32.3 Å². The van der Waals surface area contributed by atoms with Gasteiger partial charge in [0, 0.05) is 38.8 Å². The molecule has 128 valence electrons. The number of anilines is 1. The third kappa shape index (κ3) is 5.02. The van der Waals surface area contributed by atoms with Gasteiger partial charge in [0.05, 0.1) is 0 Å². The van der Waals surface area contributed by atoms with E-state index < -0.39 is 22.9 Å². The highest BCUT2D eigenvalue weighted by molar-refractivity contribution is 7.80. The van der Waals surface area contributed by atoms with E-state index in [9.17, 15) is 9.00 Å². The van der Waals surface area contributed by atoms with E-state index in [2.05, 4.69) is 5.32 Å². The number of nitrogens with zero attached hydrogens (tertiary/aromatic N) is 2. The number of hydrogen-bond donors (Lipinski definition) is 1. The molecule has 0 bridgehead atoms. The lowest BCUT2D eigenvalue weighted by molar-refractivity contribution is 0.0636. The fraction of sp³-hybridized carbons (Fsp3) is 0.562. The second-order valence-corrected chi connectivity index (χ2v) is 8.51. The van der Waals surface area contributed by atoms with Crippen LogP contribution in [0.15, 0.2) is 24.3 Å². The number of nitrogens with one attached hydrogen (secondary N) is 1. The standard InChI is InChI=1S/C16H25N3O3S/c1-16(2,3)22-15(20)17-14-8-6-12(7-9-14)13-10-18(4)23(21)19(5)11-13/h6-9,13H,10-11H2,1-5H3,(H,17,20). The smallest absolute Gasteiger partial charge is 0.412 e. The average molecular weight is 339 g/mol. The third-order valence-corrected chi connectivity index (χ3v) is 4.88. The SMILES string of the molecule is CN1CC(c2ccc(NC(=O)OC(C)(C)C)cc2)CN(C)S1=O. The first-order valence-electron chi connectivity index (χ1n) is 7.60. The van der Waals surface area contributed by atoms with E-state index in [1.165, 1.54) is 0 Å². The summed E-state index contributed by atoms with van der Waals surface area (Å²) < 4.78 is 20.8. The number of carbonyl (C=O) groups excluding carboxylic acids is 1. The van der Waals surface area contributed by atoms with Crippen LogP contribution in [-0.2, 0) is 15.9 Å². The van der Waals surface area contributed by atoms with Gasteiger partial charge in [0.2, 0.25) is 0 Å². The van der Waals surface area contributed by atoms with Crippen molar-refractivity contribution in [2.45, 2.75) is 32.3 Å². The van der Waals surface area contributed by atoms with Gasteiger partial charge in [-0.05, 0) is 38.5 Å². The molecule has 7 heteroatoms. The Morgan fingerprint density at radius 2 is 1.70 bits per heavy atom. The van der Waals surface area contributed by atoms with Crippen molar-refractivity contribution < 1.29 is 13.7 Å². The molecule has 0 saturated carbocycles. The molecule has 1 N–H and O–H groups in total. The highest BCUT2D eigenvalue weighted by Crippen LogP contribution is 2.25. The van der Waals surface area contributed by atoms with Gasteiger partial charge < -0.3 is 4.74 Å². The highest BCUT2D eigenvalue weighted by Gasteiger charge is 2.28. The summed E-state index contributed by atoms with van der Waals surface area (Å²) >= 11 is -1.05. The molecule has 1 aromatic rings. The van der Waals surface area contributed by atoms with E-state index >= 15 is 0 Å². The van der Waals surface area contributed by atoms with Gasteiger partial charge >= 0.3 is 6.09 Å². The molecule has 0 spiro atoms. The Morgan fingerprint density at radius 3 is 2.17 bits per heavy atom. The predicted octanol–water partition coefficient (Wildman–Crippen LogP) is 2.57. The zero-order chi connectivity index (χ0) is 17.2. The molecule has 1 aliphatic heterocycles. The predicted molar refractivity (Wildman–Crippen MR) is 92.4 cm³/mol. The van der Waals surface area contributed by atoms with Crippen LogP contribution in [0.3, 0.4) is 0 Å². The van der Waals surface area contributed by atoms with Crippen molar-refractivity contribution in [2.75, 3.05) is 32.5 Å². The second-order valence-electron chi connectivity index (χ2n) is 6.80. The summed E-state index contributed by atoms with van der Waals surface area (Å²) in [6.45, 7) is 6.98. The molecule has 2 rings (SSSR count). The van der Waals surface area contributed by atoms with Crippen molar-refractivity contribution in [3.63, 3.8) is 0 Å². The Balaban J connectivity index is 2.00. The van der Waals surface area contributed by atoms with E-state index in [1.54, 1.807) is 0 Å². The van der Waals surface area contributed by atoms with Crippen molar-refractivity contribution in [1.82, 2.24) is 8.61 Å². The Morgan fingerprint density at radius 1 is 1.17 bits per heavy atom. The first kappa shape index (κ1) is 17.9. The van der Waals surface area contributed by atoms with Gasteiger partial charge in [-0.3, -0.25) is 5.32 Å². The minimum atomic E-state index is -1.05. The van der Waals surface area contributed by atoms with Crippen LogP contribution in [0.25, 0.3) is 0 Å². The van der Waals surface area contributed by atoms with Gasteiger partial charge in [0.15, 0.2) is 11.2 Å². The lowest BCUT2D eigenvalue weighted by Crippen LogP contribution is -2.45. The molecule has 0 atom stereocenters. The molecular weight excluding hydrogens is 314 g/mol. The van der Waals surface area contributed by atoms with Gasteiger partial charge in [-0.2, -0.15) is 0 Å². The largest absolute Gasteiger partial charge is 0.444 e. The van der Waals surface area contributed by atoms with Crippen molar-refractivity contribution in [3.05, 3.63) is 29.8 Å². The van der Waals surface area contributed by atoms with E-state index in [-0.39, 0.29) is 0 Å². The number of ether oxygens (including phenoxy) is 1. The van der Waals surface area contributed by atoms with Crippen molar-refractivity contribution in [2.24, 2.45) is 0 Å². The molecule has 1 aromatic carbocycles. The molecule has 1 fully saturated rings. The molecule has 1 heterocycles. The zero-order valence-corrected chi connectivity index (χ0v) is 15.1. The van der Waals surface area contributed by atoms with E-state index in [0.717, 1.165) is 18.7 Å². The molecule has 1 saturated heterocycles. The monoisotopic (exact) mass is 339 g/mol. The molecule has 0 aromatic heterocycles. The van der Waals surface area contributed by atoms with Crippen LogP contribution in [-0.4, -0.2) is 51.7 Å². The molecule has 0 unspecified atom stereocenters. The number of benzene rings is 1. The maximum atomic E-state index is 11.9. The molecular formula is C16H25N3O3S. The fourth-order valence-electron chi connectivity index (χ4n) is 2.51. The van der Waals surface area contributed by atoms with E-state index in [1.807, 2.05) is 67.7 Å². The van der Waals surface area contributed by atoms with E-state index in [4.69, 9.17) is 4.74 Å². The van der Waals surface area contributed by atoms with Crippen molar-refractivity contribution in [1.29, 1.82) is 0 Å². The summed E-state index contributed by atoms with van der Waals surface area (Å²) in [4.78, 5) is 11.8. The average Bonchev–Trinajstić information content (AvgIpc) is 2.43. The zero-order valence-electron chi connectivity index (χ0n) is 14.3. The highest BCUT2D eigenvalue weighted by atomic mass is 32.2. The number of amides is 1. The maximum Gasteiger partial charge on any atom is 0.412 e. The molecule has 23 heavy (non-hydrogen) atoms. The Labute approximate surface area is 140 Å². The van der Waals surface area contributed by atoms with Gasteiger partial charge in [-0.1, -0.05) is 12.1 Å². The fourth-order valence-corrected chi connectivity index (χ4v) is 3.61. The molecule has 1 amide bonds. The maximum absolute atomic E-state index is 11.9. The van der Waals surface area contributed by atoms with Crippen LogP contribution < -0.4 is 5.32 Å². The first-order valence-corrected chi connectivity index (χ1v) is 8.66. The Bertz CT molecular complexity index is 569. The van der Waals surface area contributed by atoms with Crippen LogP contribution in [0.5, 0.6) is 0 Å². The lowest BCUT2D eigenvalue weighted by Gasteiger charge is -2.34. The normalized spacial score (nSPS) is 23.5. The summed E-state index contributed by atoms with van der Waals surface area (Å²) in [7, 11) is 3.72. The van der Waals surface area contributed by atoms with Crippen LogP contribution in [0.4, 0.5) is 10.5 Å². The topological polar surface area (TPSA) is 61.9 Å². The van der Waals surface area contributed by atoms with Gasteiger partial charge in [0.1, 0.15) is 5.60 Å². The van der Waals surface area contributed by atoms with Gasteiger partial charge in [0.25, 0.3) is 0 Å². The van der Waals surface area contributed by atoms with Crippen molar-refractivity contribution >= 4 is 23.0 Å². The molecule has 0 radical (unpaired) electrons. The number of carbonyl (C=O) groups is 1. The number of rotatable bonds is 2. The number of hydrogen-bond acceptors (Lipinski definition) is 3. The minimum Gasteiger partial charge on any atom is -0.444 e. The summed E-state index contributed by atoms with van der Waals surface area (Å²) in [5, 5.41) is 2.72. The first-order chi connectivity index (χ1) is 10.7. The quantitative estimate of drug-likeness (QED) is 0.901. The summed E-state index contributed by atoms with van der Waals surface area (Å²) in [6, 6.07) is 7.72. The minimum absolute atomic E-state index is 0.290. The molecule has 6 nitrogen and oxygen atoms in total. The van der Waals surface area contributed by atoms with Crippen molar-refractivity contribution in [3.8, 4) is 0 Å². The third-order valence-electron chi connectivity index (χ3n) is 3.52. The molecule has 1 aliphatic rings.